The Hall–Kier alpha value is 0.587. The second kappa shape index (κ2) is 8.26. The van der Waals surface area contributed by atoms with E-state index in [-0.39, 0.29) is 5.04 Å². The van der Waals surface area contributed by atoms with Gasteiger partial charge in [0.2, 0.25) is 0 Å². The van der Waals surface area contributed by atoms with E-state index in [2.05, 4.69) is 10.7 Å². The third-order valence-corrected chi connectivity index (χ3v) is 11.2. The van der Waals surface area contributed by atoms with Crippen LogP contribution in [-0.2, 0) is 13.5 Å². The predicted molar refractivity (Wildman–Crippen MR) is 100 cm³/mol. The maximum atomic E-state index is 13.9. The van der Waals surface area contributed by atoms with E-state index in [1.807, 2.05) is 0 Å². The van der Waals surface area contributed by atoms with Crippen molar-refractivity contribution in [3.63, 3.8) is 0 Å². The van der Waals surface area contributed by atoms with Crippen LogP contribution < -0.4 is 0 Å². The van der Waals surface area contributed by atoms with E-state index >= 15 is 0 Å². The van der Waals surface area contributed by atoms with Crippen molar-refractivity contribution in [1.29, 1.82) is 0 Å². The molecule has 1 unspecified atom stereocenters. The molecule has 0 rings (SSSR count). The SMILES string of the molecule is CC(C)(C)[Si](C)(C)OCC(I)CC(F)(F)C(F)(F)C(F)(F)C(F)(F)S(=O)(=O)Cl. The lowest BCUT2D eigenvalue weighted by Gasteiger charge is -2.38. The highest BCUT2D eigenvalue weighted by atomic mass is 127. The molecule has 0 fully saturated rings. The van der Waals surface area contributed by atoms with Crippen LogP contribution in [0.4, 0.5) is 35.1 Å². The molecule has 0 aliphatic rings. The van der Waals surface area contributed by atoms with E-state index in [4.69, 9.17) is 4.43 Å². The molecule has 0 aliphatic heterocycles. The summed E-state index contributed by atoms with van der Waals surface area (Å²) in [5, 5.41) is -6.98. The Morgan fingerprint density at radius 2 is 1.36 bits per heavy atom. The van der Waals surface area contributed by atoms with Crippen molar-refractivity contribution in [2.75, 3.05) is 6.61 Å². The van der Waals surface area contributed by atoms with Crippen molar-refractivity contribution >= 4 is 50.6 Å². The molecule has 0 radical (unpaired) electrons. The maximum absolute atomic E-state index is 13.9. The van der Waals surface area contributed by atoms with E-state index in [1.54, 1.807) is 33.9 Å². The number of rotatable bonds is 9. The van der Waals surface area contributed by atoms with E-state index in [1.165, 1.54) is 22.6 Å². The van der Waals surface area contributed by atoms with Crippen LogP contribution >= 0.6 is 33.3 Å². The Morgan fingerprint density at radius 3 is 1.68 bits per heavy atom. The molecule has 170 valence electrons. The van der Waals surface area contributed by atoms with Crippen LogP contribution in [0.25, 0.3) is 0 Å². The first-order chi connectivity index (χ1) is 11.9. The zero-order valence-electron chi connectivity index (χ0n) is 15.4. The highest BCUT2D eigenvalue weighted by Gasteiger charge is 2.84. The molecule has 15 heteroatoms. The zero-order chi connectivity index (χ0) is 23.2. The molecule has 0 aliphatic carbocycles. The van der Waals surface area contributed by atoms with Crippen molar-refractivity contribution in [3.8, 4) is 0 Å². The minimum atomic E-state index is -6.96. The Balaban J connectivity index is 5.58. The fraction of sp³-hybridized carbons (Fsp3) is 1.00. The molecule has 0 saturated carbocycles. The predicted octanol–water partition coefficient (Wildman–Crippen LogP) is 6.27. The van der Waals surface area contributed by atoms with E-state index < -0.39 is 57.3 Å². The quantitative estimate of drug-likeness (QED) is 0.103. The smallest absolute Gasteiger partial charge is 0.416 e. The average molecular weight is 599 g/mol. The Bertz CT molecular complexity index is 667. The number of halogens is 10. The largest absolute Gasteiger partial charge is 0.427 e. The second-order valence-electron chi connectivity index (χ2n) is 7.68. The first-order valence-corrected chi connectivity index (χ1v) is 14.0. The van der Waals surface area contributed by atoms with Gasteiger partial charge in [-0.15, -0.1) is 0 Å². The van der Waals surface area contributed by atoms with Crippen LogP contribution in [0, 0.1) is 0 Å². The van der Waals surface area contributed by atoms with E-state index in [9.17, 15) is 43.5 Å². The molecule has 0 heterocycles. The van der Waals surface area contributed by atoms with Crippen molar-refractivity contribution in [3.05, 3.63) is 0 Å². The summed E-state index contributed by atoms with van der Waals surface area (Å²) in [5.74, 6) is -19.3. The third-order valence-electron chi connectivity index (χ3n) is 4.43. The summed E-state index contributed by atoms with van der Waals surface area (Å²) >= 11 is 1.25. The molecule has 1 atom stereocenters. The molecule has 0 aromatic rings. The van der Waals surface area contributed by atoms with E-state index in [0.29, 0.717) is 0 Å². The highest BCUT2D eigenvalue weighted by Crippen LogP contribution is 2.56. The second-order valence-corrected chi connectivity index (χ2v) is 16.9. The van der Waals surface area contributed by atoms with Crippen molar-refractivity contribution in [1.82, 2.24) is 0 Å². The first-order valence-electron chi connectivity index (χ1n) is 7.58. The van der Waals surface area contributed by atoms with Gasteiger partial charge in [0.25, 0.3) is 0 Å². The van der Waals surface area contributed by atoms with Gasteiger partial charge in [-0.05, 0) is 18.1 Å². The average Bonchev–Trinajstić information content (AvgIpc) is 2.41. The highest BCUT2D eigenvalue weighted by molar-refractivity contribution is 14.1. The van der Waals surface area contributed by atoms with Gasteiger partial charge in [0.15, 0.2) is 8.32 Å². The summed E-state index contributed by atoms with van der Waals surface area (Å²) in [6.07, 6.45) is -1.96. The lowest BCUT2D eigenvalue weighted by atomic mass is 10.0. The Morgan fingerprint density at radius 1 is 0.964 bits per heavy atom. The van der Waals surface area contributed by atoms with Gasteiger partial charge in [0.1, 0.15) is 0 Å². The third kappa shape index (κ3) is 5.44. The topological polar surface area (TPSA) is 43.4 Å². The molecule has 3 nitrogen and oxygen atoms in total. The molecular formula is C13H20ClF8IO3SSi. The monoisotopic (exact) mass is 598 g/mol. The van der Waals surface area contributed by atoms with Crippen molar-refractivity contribution in [2.45, 2.75) is 72.3 Å². The maximum Gasteiger partial charge on any atom is 0.427 e. The molecular weight excluding hydrogens is 579 g/mol. The zero-order valence-corrected chi connectivity index (χ0v) is 20.1. The molecule has 0 aromatic heterocycles. The molecule has 0 amide bonds. The van der Waals surface area contributed by atoms with Crippen LogP contribution in [0.3, 0.4) is 0 Å². The van der Waals surface area contributed by atoms with Gasteiger partial charge in [-0.3, -0.25) is 0 Å². The molecule has 0 aromatic carbocycles. The van der Waals surface area contributed by atoms with Crippen molar-refractivity contribution in [2.24, 2.45) is 0 Å². The van der Waals surface area contributed by atoms with Gasteiger partial charge < -0.3 is 4.43 Å². The van der Waals surface area contributed by atoms with Gasteiger partial charge in [0, 0.05) is 27.6 Å². The Labute approximate surface area is 177 Å². The van der Waals surface area contributed by atoms with E-state index in [0.717, 1.165) is 0 Å². The lowest BCUT2D eigenvalue weighted by molar-refractivity contribution is -0.348. The van der Waals surface area contributed by atoms with Crippen LogP contribution in [0.2, 0.25) is 18.1 Å². The fourth-order valence-electron chi connectivity index (χ4n) is 1.55. The van der Waals surface area contributed by atoms with Crippen molar-refractivity contribution < 1.29 is 48.0 Å². The summed E-state index contributed by atoms with van der Waals surface area (Å²) in [6, 6.07) is 0. The van der Waals surface area contributed by atoms with Crippen LogP contribution in [0.5, 0.6) is 0 Å². The standard InChI is InChI=1S/C13H20ClF8IO3SSi/c1-9(2,3)28(4,5)26-7-8(23)6-10(15,16)11(17,18)12(19,20)13(21,22)27(14,24)25/h8H,6-7H2,1-5H3. The molecule has 0 saturated heterocycles. The number of hydrogen-bond donors (Lipinski definition) is 0. The van der Waals surface area contributed by atoms with Gasteiger partial charge in [-0.25, -0.2) is 8.42 Å². The minimum Gasteiger partial charge on any atom is -0.416 e. The van der Waals surface area contributed by atoms with Crippen LogP contribution in [-0.4, -0.2) is 50.3 Å². The van der Waals surface area contributed by atoms with Gasteiger partial charge in [-0.1, -0.05) is 43.4 Å². The van der Waals surface area contributed by atoms with Crippen LogP contribution in [0.1, 0.15) is 27.2 Å². The summed E-state index contributed by atoms with van der Waals surface area (Å²) in [5.41, 5.74) is 0. The fourth-order valence-corrected chi connectivity index (χ4v) is 4.39. The lowest BCUT2D eigenvalue weighted by Crippen LogP contribution is -2.64. The number of hydrogen-bond acceptors (Lipinski definition) is 3. The normalized spacial score (nSPS) is 17.0. The minimum absolute atomic E-state index is 0.361. The number of alkyl halides is 9. The summed E-state index contributed by atoms with van der Waals surface area (Å²) in [6.45, 7) is 8.35. The molecule has 0 spiro atoms. The summed E-state index contributed by atoms with van der Waals surface area (Å²) in [7, 11) is -5.04. The van der Waals surface area contributed by atoms with Gasteiger partial charge in [0.05, 0.1) is 0 Å². The van der Waals surface area contributed by atoms with Gasteiger partial charge in [-0.2, -0.15) is 35.1 Å². The van der Waals surface area contributed by atoms with Gasteiger partial charge >= 0.3 is 32.1 Å². The van der Waals surface area contributed by atoms with Crippen LogP contribution in [0.15, 0.2) is 0 Å². The molecule has 0 N–H and O–H groups in total. The summed E-state index contributed by atoms with van der Waals surface area (Å²) < 4.78 is 134. The molecule has 28 heavy (non-hydrogen) atoms. The molecule has 0 bridgehead atoms. The first kappa shape index (κ1) is 28.6. The summed E-state index contributed by atoms with van der Waals surface area (Å²) in [4.78, 5) is 0. The Kier molecular flexibility index (Phi) is 8.43.